The van der Waals surface area contributed by atoms with E-state index in [0.717, 1.165) is 31.7 Å². The SMILES string of the molecule is C[NH+]1CCN(NC(=O)Cc2ccc(Cl)cc2Cl)CC1. The number of hydrogen-bond donors (Lipinski definition) is 2. The van der Waals surface area contributed by atoms with Crippen LogP contribution in [0.2, 0.25) is 10.0 Å². The maximum absolute atomic E-state index is 11.9. The number of halogens is 2. The van der Waals surface area contributed by atoms with E-state index in [1.165, 1.54) is 4.90 Å². The lowest BCUT2D eigenvalue weighted by Gasteiger charge is -2.30. The number of hydrazine groups is 1. The van der Waals surface area contributed by atoms with Gasteiger partial charge in [-0.25, -0.2) is 5.01 Å². The Labute approximate surface area is 123 Å². The van der Waals surface area contributed by atoms with Gasteiger partial charge in [-0.2, -0.15) is 0 Å². The molecule has 0 aliphatic carbocycles. The zero-order valence-electron chi connectivity index (χ0n) is 10.9. The summed E-state index contributed by atoms with van der Waals surface area (Å²) in [5, 5.41) is 3.08. The standard InChI is InChI=1S/C13H17Cl2N3O/c1-17-4-6-18(7-5-17)16-13(19)8-10-2-3-11(14)9-12(10)15/h2-3,9H,4-8H2,1H3,(H,16,19)/p+1. The summed E-state index contributed by atoms with van der Waals surface area (Å²) in [7, 11) is 2.16. The van der Waals surface area contributed by atoms with Gasteiger partial charge in [0, 0.05) is 10.0 Å². The van der Waals surface area contributed by atoms with Gasteiger partial charge in [-0.3, -0.25) is 10.2 Å². The van der Waals surface area contributed by atoms with Crippen molar-refractivity contribution in [1.82, 2.24) is 10.4 Å². The summed E-state index contributed by atoms with van der Waals surface area (Å²) in [5.74, 6) is -0.0382. The first kappa shape index (κ1) is 14.6. The fourth-order valence-electron chi connectivity index (χ4n) is 2.05. The van der Waals surface area contributed by atoms with E-state index in [2.05, 4.69) is 12.5 Å². The zero-order valence-corrected chi connectivity index (χ0v) is 12.4. The number of carbonyl (C=O) groups excluding carboxylic acids is 1. The first-order valence-electron chi connectivity index (χ1n) is 6.34. The summed E-state index contributed by atoms with van der Waals surface area (Å²) in [6.07, 6.45) is 0.273. The molecule has 0 aromatic heterocycles. The van der Waals surface area contributed by atoms with Crippen molar-refractivity contribution in [3.05, 3.63) is 33.8 Å². The van der Waals surface area contributed by atoms with Gasteiger partial charge < -0.3 is 4.90 Å². The number of piperazine rings is 1. The maximum atomic E-state index is 11.9. The van der Waals surface area contributed by atoms with Gasteiger partial charge in [0.2, 0.25) is 5.91 Å². The number of hydrogen-bond acceptors (Lipinski definition) is 2. The Kier molecular flexibility index (Phi) is 5.05. The Bertz CT molecular complexity index is 459. The topological polar surface area (TPSA) is 36.8 Å². The number of nitrogens with zero attached hydrogens (tertiary/aromatic N) is 1. The van der Waals surface area contributed by atoms with Crippen molar-refractivity contribution in [3.63, 3.8) is 0 Å². The van der Waals surface area contributed by atoms with Gasteiger partial charge in [0.05, 0.1) is 39.6 Å². The molecule has 2 N–H and O–H groups in total. The molecule has 19 heavy (non-hydrogen) atoms. The molecule has 1 amide bonds. The molecular formula is C13H18Cl2N3O+. The van der Waals surface area contributed by atoms with Gasteiger partial charge in [0.25, 0.3) is 0 Å². The molecule has 0 bridgehead atoms. The van der Waals surface area contributed by atoms with Gasteiger partial charge in [0.15, 0.2) is 0 Å². The van der Waals surface area contributed by atoms with Crippen LogP contribution in [0, 0.1) is 0 Å². The molecule has 1 saturated heterocycles. The quantitative estimate of drug-likeness (QED) is 0.848. The third kappa shape index (κ3) is 4.35. The minimum Gasteiger partial charge on any atom is -0.335 e. The van der Waals surface area contributed by atoms with Crippen molar-refractivity contribution in [2.45, 2.75) is 6.42 Å². The van der Waals surface area contributed by atoms with Crippen molar-refractivity contribution in [2.75, 3.05) is 33.2 Å². The maximum Gasteiger partial charge on any atom is 0.238 e. The van der Waals surface area contributed by atoms with E-state index in [1.54, 1.807) is 18.2 Å². The van der Waals surface area contributed by atoms with Gasteiger partial charge in [0.1, 0.15) is 0 Å². The van der Waals surface area contributed by atoms with E-state index in [0.29, 0.717) is 10.0 Å². The lowest BCUT2D eigenvalue weighted by atomic mass is 10.1. The second-order valence-electron chi connectivity index (χ2n) is 4.89. The predicted molar refractivity (Wildman–Crippen MR) is 76.5 cm³/mol. The van der Waals surface area contributed by atoms with Crippen molar-refractivity contribution in [1.29, 1.82) is 0 Å². The average Bonchev–Trinajstić information content (AvgIpc) is 2.36. The fraction of sp³-hybridized carbons (Fsp3) is 0.462. The second-order valence-corrected chi connectivity index (χ2v) is 5.74. The highest BCUT2D eigenvalue weighted by Gasteiger charge is 2.18. The number of likely N-dealkylation sites (N-methyl/N-ethyl adjacent to an activating group) is 1. The van der Waals surface area contributed by atoms with Crippen LogP contribution < -0.4 is 10.3 Å². The largest absolute Gasteiger partial charge is 0.335 e. The molecule has 1 aromatic rings. The lowest BCUT2D eigenvalue weighted by molar-refractivity contribution is -0.884. The summed E-state index contributed by atoms with van der Waals surface area (Å²) in [6, 6.07) is 5.19. The summed E-state index contributed by atoms with van der Waals surface area (Å²) >= 11 is 11.9. The van der Waals surface area contributed by atoms with Gasteiger partial charge in [-0.05, 0) is 17.7 Å². The van der Waals surface area contributed by atoms with Crippen molar-refractivity contribution >= 4 is 29.1 Å². The Balaban J connectivity index is 1.87. The van der Waals surface area contributed by atoms with Crippen LogP contribution in [0.5, 0.6) is 0 Å². The summed E-state index contributed by atoms with van der Waals surface area (Å²) in [5.41, 5.74) is 3.71. The van der Waals surface area contributed by atoms with E-state index in [9.17, 15) is 4.79 Å². The van der Waals surface area contributed by atoms with E-state index < -0.39 is 0 Å². The van der Waals surface area contributed by atoms with E-state index in [-0.39, 0.29) is 12.3 Å². The molecule has 1 aliphatic rings. The highest BCUT2D eigenvalue weighted by molar-refractivity contribution is 6.35. The molecule has 1 aliphatic heterocycles. The lowest BCUT2D eigenvalue weighted by Crippen LogP contribution is -3.12. The van der Waals surface area contributed by atoms with E-state index in [1.807, 2.05) is 5.01 Å². The first-order valence-corrected chi connectivity index (χ1v) is 7.10. The highest BCUT2D eigenvalue weighted by Crippen LogP contribution is 2.21. The minimum atomic E-state index is -0.0382. The Morgan fingerprint density at radius 2 is 2.05 bits per heavy atom. The Morgan fingerprint density at radius 3 is 2.68 bits per heavy atom. The normalized spacial score (nSPS) is 17.4. The van der Waals surface area contributed by atoms with Crippen LogP contribution in [0.25, 0.3) is 0 Å². The number of quaternary nitrogens is 1. The average molecular weight is 303 g/mol. The third-order valence-corrected chi connectivity index (χ3v) is 3.85. The molecular weight excluding hydrogens is 285 g/mol. The van der Waals surface area contributed by atoms with Crippen LogP contribution in [-0.4, -0.2) is 44.1 Å². The van der Waals surface area contributed by atoms with Crippen LogP contribution in [0.15, 0.2) is 18.2 Å². The van der Waals surface area contributed by atoms with Crippen LogP contribution >= 0.6 is 23.2 Å². The highest BCUT2D eigenvalue weighted by atomic mass is 35.5. The van der Waals surface area contributed by atoms with Gasteiger partial charge >= 0.3 is 0 Å². The number of carbonyl (C=O) groups is 1. The molecule has 0 spiro atoms. The number of nitrogens with one attached hydrogen (secondary N) is 2. The monoisotopic (exact) mass is 302 g/mol. The molecule has 0 atom stereocenters. The third-order valence-electron chi connectivity index (χ3n) is 3.27. The van der Waals surface area contributed by atoms with Crippen LogP contribution in [0.3, 0.4) is 0 Å². The molecule has 2 rings (SSSR count). The Hall–Kier alpha value is -0.810. The van der Waals surface area contributed by atoms with Gasteiger partial charge in [-0.1, -0.05) is 29.3 Å². The number of benzene rings is 1. The number of rotatable bonds is 3. The fourth-order valence-corrected chi connectivity index (χ4v) is 2.53. The molecule has 4 nitrogen and oxygen atoms in total. The van der Waals surface area contributed by atoms with Crippen molar-refractivity contribution < 1.29 is 9.69 Å². The van der Waals surface area contributed by atoms with Crippen molar-refractivity contribution in [2.24, 2.45) is 0 Å². The zero-order chi connectivity index (χ0) is 13.8. The minimum absolute atomic E-state index is 0.0382. The molecule has 1 aromatic carbocycles. The van der Waals surface area contributed by atoms with Crippen LogP contribution in [0.1, 0.15) is 5.56 Å². The molecule has 0 saturated carbocycles. The molecule has 0 radical (unpaired) electrons. The molecule has 0 unspecified atom stereocenters. The van der Waals surface area contributed by atoms with E-state index >= 15 is 0 Å². The summed E-state index contributed by atoms with van der Waals surface area (Å²) in [4.78, 5) is 13.4. The van der Waals surface area contributed by atoms with Crippen LogP contribution in [0.4, 0.5) is 0 Å². The second kappa shape index (κ2) is 6.57. The Morgan fingerprint density at radius 1 is 1.37 bits per heavy atom. The molecule has 1 fully saturated rings. The van der Waals surface area contributed by atoms with Crippen LogP contribution in [-0.2, 0) is 11.2 Å². The molecule has 1 heterocycles. The molecule has 6 heteroatoms. The summed E-state index contributed by atoms with van der Waals surface area (Å²) in [6.45, 7) is 3.85. The van der Waals surface area contributed by atoms with Crippen molar-refractivity contribution in [3.8, 4) is 0 Å². The first-order chi connectivity index (χ1) is 9.04. The molecule has 104 valence electrons. The number of amides is 1. The summed E-state index contributed by atoms with van der Waals surface area (Å²) < 4.78 is 0. The predicted octanol–water partition coefficient (Wildman–Crippen LogP) is 0.397. The van der Waals surface area contributed by atoms with Gasteiger partial charge in [-0.15, -0.1) is 0 Å². The van der Waals surface area contributed by atoms with E-state index in [4.69, 9.17) is 23.2 Å². The smallest absolute Gasteiger partial charge is 0.238 e.